The number of anilines is 2. The van der Waals surface area contributed by atoms with Crippen molar-refractivity contribution in [2.75, 3.05) is 42.9 Å². The van der Waals surface area contributed by atoms with Crippen LogP contribution in [0.15, 0.2) is 48.5 Å². The lowest BCUT2D eigenvalue weighted by atomic mass is 9.79. The van der Waals surface area contributed by atoms with Gasteiger partial charge in [0.1, 0.15) is 5.82 Å². The van der Waals surface area contributed by atoms with Gasteiger partial charge in [0.25, 0.3) is 0 Å². The molecule has 0 saturated carbocycles. The lowest BCUT2D eigenvalue weighted by molar-refractivity contribution is -0.120. The molecule has 0 bridgehead atoms. The van der Waals surface area contributed by atoms with Crippen molar-refractivity contribution < 1.29 is 9.18 Å². The first-order chi connectivity index (χ1) is 13.6. The normalized spacial score (nSPS) is 22.2. The Hall–Kier alpha value is -2.40. The fourth-order valence-corrected chi connectivity index (χ4v) is 4.40. The molecule has 1 atom stereocenters. The number of rotatable bonds is 6. The number of hydrogen-bond acceptors (Lipinski definition) is 3. The van der Waals surface area contributed by atoms with Crippen LogP contribution in [0.3, 0.4) is 0 Å². The highest BCUT2D eigenvalue weighted by Gasteiger charge is 2.41. The molecule has 1 unspecified atom stereocenters. The molecule has 4 nitrogen and oxygen atoms in total. The largest absolute Gasteiger partial charge is 0.369 e. The highest BCUT2D eigenvalue weighted by molar-refractivity contribution is 6.05. The minimum atomic E-state index is -0.405. The molecule has 0 aromatic heterocycles. The molecule has 4 rings (SSSR count). The van der Waals surface area contributed by atoms with Gasteiger partial charge in [0.2, 0.25) is 5.91 Å². The third-order valence-electron chi connectivity index (χ3n) is 6.24. The van der Waals surface area contributed by atoms with Crippen LogP contribution in [-0.2, 0) is 10.2 Å². The molecule has 2 aliphatic heterocycles. The Labute approximate surface area is 166 Å². The summed E-state index contributed by atoms with van der Waals surface area (Å²) in [7, 11) is 0. The first-order valence-corrected chi connectivity index (χ1v) is 10.2. The van der Waals surface area contributed by atoms with E-state index in [4.69, 9.17) is 0 Å². The minimum absolute atomic E-state index is 0.126. The van der Waals surface area contributed by atoms with Crippen LogP contribution in [0.1, 0.15) is 31.7 Å². The Morgan fingerprint density at radius 1 is 1.00 bits per heavy atom. The predicted molar refractivity (Wildman–Crippen MR) is 111 cm³/mol. The maximum atomic E-state index is 13.1. The van der Waals surface area contributed by atoms with Gasteiger partial charge in [0.05, 0.1) is 5.41 Å². The van der Waals surface area contributed by atoms with Crippen LogP contribution in [0.4, 0.5) is 15.8 Å². The molecule has 28 heavy (non-hydrogen) atoms. The third kappa shape index (κ3) is 3.76. The predicted octanol–water partition coefficient (Wildman–Crippen LogP) is 4.03. The van der Waals surface area contributed by atoms with Gasteiger partial charge in [-0.15, -0.1) is 0 Å². The van der Waals surface area contributed by atoms with Crippen LogP contribution in [0.5, 0.6) is 0 Å². The maximum Gasteiger partial charge on any atom is 0.234 e. The molecule has 1 N–H and O–H groups in total. The van der Waals surface area contributed by atoms with Crippen molar-refractivity contribution in [2.45, 2.75) is 31.6 Å². The second kappa shape index (κ2) is 7.92. The maximum absolute atomic E-state index is 13.1. The smallest absolute Gasteiger partial charge is 0.234 e. The number of amides is 1. The van der Waals surface area contributed by atoms with Crippen LogP contribution in [0.25, 0.3) is 0 Å². The van der Waals surface area contributed by atoms with E-state index in [0.29, 0.717) is 0 Å². The second-order valence-electron chi connectivity index (χ2n) is 8.09. The Balaban J connectivity index is 1.22. The van der Waals surface area contributed by atoms with Crippen molar-refractivity contribution in [2.24, 2.45) is 0 Å². The van der Waals surface area contributed by atoms with Crippen molar-refractivity contribution in [1.82, 2.24) is 4.90 Å². The van der Waals surface area contributed by atoms with Gasteiger partial charge < -0.3 is 10.2 Å². The summed E-state index contributed by atoms with van der Waals surface area (Å²) in [5.74, 6) is -0.0590. The van der Waals surface area contributed by atoms with Crippen molar-refractivity contribution in [1.29, 1.82) is 0 Å². The number of hydrogen-bond donors (Lipinski definition) is 1. The quantitative estimate of drug-likeness (QED) is 0.768. The Morgan fingerprint density at radius 3 is 2.46 bits per heavy atom. The molecule has 1 amide bonds. The lowest BCUT2D eigenvalue weighted by Crippen LogP contribution is -2.46. The standard InChI is InChI=1S/C23H28FN3O/c1-23(20-6-2-3-7-21(20)25-22(23)28)12-4-5-13-26-14-16-27(17-15-26)19-10-8-18(24)9-11-19/h2-3,6-11H,4-5,12-17H2,1H3,(H,25,28). The Morgan fingerprint density at radius 2 is 1.71 bits per heavy atom. The van der Waals surface area contributed by atoms with E-state index in [1.54, 1.807) is 0 Å². The minimum Gasteiger partial charge on any atom is -0.369 e. The molecule has 148 valence electrons. The lowest BCUT2D eigenvalue weighted by Gasteiger charge is -2.36. The van der Waals surface area contributed by atoms with Gasteiger partial charge >= 0.3 is 0 Å². The number of unbranched alkanes of at least 4 members (excludes halogenated alkanes) is 1. The molecular weight excluding hydrogens is 353 g/mol. The van der Waals surface area contributed by atoms with E-state index in [1.165, 1.54) is 12.1 Å². The molecule has 2 aromatic carbocycles. The van der Waals surface area contributed by atoms with Gasteiger partial charge in [0.15, 0.2) is 0 Å². The summed E-state index contributed by atoms with van der Waals surface area (Å²) in [5, 5.41) is 3.02. The number of carbonyl (C=O) groups is 1. The number of carbonyl (C=O) groups excluding carboxylic acids is 1. The van der Waals surface area contributed by atoms with Gasteiger partial charge in [-0.3, -0.25) is 9.69 Å². The number of benzene rings is 2. The molecule has 5 heteroatoms. The summed E-state index contributed by atoms with van der Waals surface area (Å²) >= 11 is 0. The first-order valence-electron chi connectivity index (χ1n) is 10.2. The molecule has 1 fully saturated rings. The zero-order chi connectivity index (χ0) is 19.6. The van der Waals surface area contributed by atoms with E-state index in [1.807, 2.05) is 30.3 Å². The molecule has 0 spiro atoms. The topological polar surface area (TPSA) is 35.6 Å². The summed E-state index contributed by atoms with van der Waals surface area (Å²) in [5.41, 5.74) is 2.79. The van der Waals surface area contributed by atoms with Gasteiger partial charge in [-0.25, -0.2) is 4.39 Å². The number of para-hydroxylation sites is 1. The Kier molecular flexibility index (Phi) is 5.36. The summed E-state index contributed by atoms with van der Waals surface area (Å²) in [6.45, 7) is 7.13. The number of nitrogens with zero attached hydrogens (tertiary/aromatic N) is 2. The number of fused-ring (bicyclic) bond motifs is 1. The molecule has 2 heterocycles. The second-order valence-corrected chi connectivity index (χ2v) is 8.09. The van der Waals surface area contributed by atoms with Gasteiger partial charge in [0, 0.05) is 37.6 Å². The highest BCUT2D eigenvalue weighted by atomic mass is 19.1. The van der Waals surface area contributed by atoms with Crippen LogP contribution in [0, 0.1) is 5.82 Å². The molecular formula is C23H28FN3O. The van der Waals surface area contributed by atoms with Crippen LogP contribution in [-0.4, -0.2) is 43.5 Å². The van der Waals surface area contributed by atoms with Gasteiger partial charge in [-0.1, -0.05) is 24.6 Å². The van der Waals surface area contributed by atoms with Gasteiger partial charge in [-0.05, 0) is 62.2 Å². The average Bonchev–Trinajstić information content (AvgIpc) is 2.97. The number of nitrogens with one attached hydrogen (secondary N) is 1. The zero-order valence-electron chi connectivity index (χ0n) is 16.5. The first kappa shape index (κ1) is 18.9. The van der Waals surface area contributed by atoms with E-state index in [9.17, 15) is 9.18 Å². The summed E-state index contributed by atoms with van der Waals surface area (Å²) in [6, 6.07) is 14.8. The molecule has 2 aromatic rings. The zero-order valence-corrected chi connectivity index (χ0v) is 16.5. The van der Waals surface area contributed by atoms with Crippen LogP contribution in [0.2, 0.25) is 0 Å². The third-order valence-corrected chi connectivity index (χ3v) is 6.24. The van der Waals surface area contributed by atoms with Crippen molar-refractivity contribution in [3.63, 3.8) is 0 Å². The molecule has 2 aliphatic rings. The SMILES string of the molecule is CC1(CCCCN2CCN(c3ccc(F)cc3)CC2)C(=O)Nc2ccccc21. The molecule has 0 radical (unpaired) electrons. The summed E-state index contributed by atoms with van der Waals surface area (Å²) in [4.78, 5) is 17.3. The average molecular weight is 381 g/mol. The fraction of sp³-hybridized carbons (Fsp3) is 0.435. The van der Waals surface area contributed by atoms with E-state index in [0.717, 1.165) is 68.9 Å². The highest BCUT2D eigenvalue weighted by Crippen LogP contribution is 2.40. The van der Waals surface area contributed by atoms with Crippen molar-refractivity contribution >= 4 is 17.3 Å². The summed E-state index contributed by atoms with van der Waals surface area (Å²) in [6.07, 6.45) is 3.02. The molecule has 0 aliphatic carbocycles. The van der Waals surface area contributed by atoms with Gasteiger partial charge in [-0.2, -0.15) is 0 Å². The van der Waals surface area contributed by atoms with E-state index in [-0.39, 0.29) is 11.7 Å². The number of halogens is 1. The van der Waals surface area contributed by atoms with Crippen LogP contribution < -0.4 is 10.2 Å². The fourth-order valence-electron chi connectivity index (χ4n) is 4.40. The Bertz CT molecular complexity index is 830. The number of piperazine rings is 1. The van der Waals surface area contributed by atoms with E-state index < -0.39 is 5.41 Å². The van der Waals surface area contributed by atoms with Crippen molar-refractivity contribution in [3.8, 4) is 0 Å². The van der Waals surface area contributed by atoms with E-state index >= 15 is 0 Å². The molecule has 1 saturated heterocycles. The van der Waals surface area contributed by atoms with E-state index in [2.05, 4.69) is 28.1 Å². The monoisotopic (exact) mass is 381 g/mol. The van der Waals surface area contributed by atoms with Crippen molar-refractivity contribution in [3.05, 3.63) is 59.9 Å². The van der Waals surface area contributed by atoms with Crippen LogP contribution >= 0.6 is 0 Å². The summed E-state index contributed by atoms with van der Waals surface area (Å²) < 4.78 is 13.1.